The monoisotopic (exact) mass is 532 g/mol. The van der Waals surface area contributed by atoms with E-state index in [9.17, 15) is 0 Å². The second-order valence-electron chi connectivity index (χ2n) is 11.6. The lowest BCUT2D eigenvalue weighted by Crippen LogP contribution is -2.41. The molecule has 41 heavy (non-hydrogen) atoms. The summed E-state index contributed by atoms with van der Waals surface area (Å²) in [5.74, 6) is 0.239. The van der Waals surface area contributed by atoms with E-state index >= 15 is 0 Å². The summed E-state index contributed by atoms with van der Waals surface area (Å²) in [6.07, 6.45) is 2.43. The zero-order chi connectivity index (χ0) is 28.1. The first-order chi connectivity index (χ1) is 20.1. The molecule has 0 fully saturated rings. The van der Waals surface area contributed by atoms with E-state index in [1.54, 1.807) is 0 Å². The maximum atomic E-state index is 3.43. The highest BCUT2D eigenvalue weighted by Gasteiger charge is 2.54. The molecule has 2 N–H and O–H groups in total. The van der Waals surface area contributed by atoms with Gasteiger partial charge in [-0.15, -0.1) is 0 Å². The van der Waals surface area contributed by atoms with Gasteiger partial charge in [0.15, 0.2) is 0 Å². The molecule has 2 aliphatic rings. The average molecular weight is 533 g/mol. The summed E-state index contributed by atoms with van der Waals surface area (Å²) in [5.41, 5.74) is 15.4. The van der Waals surface area contributed by atoms with Crippen LogP contribution in [0.2, 0.25) is 0 Å². The molecule has 1 atom stereocenters. The maximum Gasteiger partial charge on any atom is 0.0418 e. The van der Waals surface area contributed by atoms with Crippen LogP contribution in [0.5, 0.6) is 0 Å². The van der Waals surface area contributed by atoms with E-state index in [-0.39, 0.29) is 11.8 Å². The van der Waals surface area contributed by atoms with Crippen LogP contribution in [0.25, 0.3) is 17.2 Å². The summed E-state index contributed by atoms with van der Waals surface area (Å²) in [4.78, 5) is 0. The number of nitrogens with one attached hydrogen (secondary N) is 2. The molecule has 2 heteroatoms. The van der Waals surface area contributed by atoms with Crippen molar-refractivity contribution in [3.8, 4) is 11.1 Å². The fourth-order valence-corrected chi connectivity index (χ4v) is 7.75. The Kier molecular flexibility index (Phi) is 6.08. The van der Waals surface area contributed by atoms with Gasteiger partial charge in [0.2, 0.25) is 0 Å². The first kappa shape index (κ1) is 25.4. The smallest absolute Gasteiger partial charge is 0.0418 e. The van der Waals surface area contributed by atoms with Crippen LogP contribution in [0.4, 0.5) is 11.4 Å². The van der Waals surface area contributed by atoms with Crippen molar-refractivity contribution < 1.29 is 0 Å². The van der Waals surface area contributed by atoms with Crippen molar-refractivity contribution in [2.75, 3.05) is 24.7 Å². The summed E-state index contributed by atoms with van der Waals surface area (Å²) in [6, 6.07) is 43.4. The maximum absolute atomic E-state index is 3.43. The predicted octanol–water partition coefficient (Wildman–Crippen LogP) is 9.38. The third-order valence-corrected chi connectivity index (χ3v) is 9.40. The third-order valence-electron chi connectivity index (χ3n) is 9.40. The number of rotatable bonds is 6. The molecule has 2 aliphatic carbocycles. The summed E-state index contributed by atoms with van der Waals surface area (Å²) in [7, 11) is 4.03. The second-order valence-corrected chi connectivity index (χ2v) is 11.6. The molecule has 5 aromatic carbocycles. The highest BCUT2D eigenvalue weighted by molar-refractivity contribution is 5.85. The minimum Gasteiger partial charge on any atom is -0.388 e. The Morgan fingerprint density at radius 2 is 1.07 bits per heavy atom. The molecule has 0 aromatic heterocycles. The van der Waals surface area contributed by atoms with Crippen molar-refractivity contribution in [1.82, 2.24) is 0 Å². The van der Waals surface area contributed by atoms with E-state index in [4.69, 9.17) is 0 Å². The summed E-state index contributed by atoms with van der Waals surface area (Å²) in [6.45, 7) is 4.53. The highest BCUT2D eigenvalue weighted by Crippen LogP contribution is 2.64. The Balaban J connectivity index is 1.66. The highest BCUT2D eigenvalue weighted by atomic mass is 14.8. The van der Waals surface area contributed by atoms with Crippen LogP contribution in [-0.2, 0) is 5.41 Å². The third kappa shape index (κ3) is 3.78. The molecule has 0 amide bonds. The minimum atomic E-state index is -0.400. The molecule has 0 spiro atoms. The second kappa shape index (κ2) is 9.82. The van der Waals surface area contributed by atoms with Crippen LogP contribution >= 0.6 is 0 Å². The Labute approximate surface area is 243 Å². The predicted molar refractivity (Wildman–Crippen MR) is 174 cm³/mol. The van der Waals surface area contributed by atoms with E-state index < -0.39 is 5.41 Å². The first-order valence-corrected chi connectivity index (χ1v) is 14.6. The molecule has 0 aliphatic heterocycles. The standard InChI is InChI=1S/C39H36N2/c1-25-15-18-32-27(21-25)22-26(2)37(32)39(28-11-7-5-8-12-28,29-13-9-6-10-14-29)38-35-23-30(40-3)16-19-33(35)34-20-17-31(41-4)24-36(34)38/h5-24,37-38,40-41H,1-4H3. The lowest BCUT2D eigenvalue weighted by Gasteiger charge is -2.47. The number of benzene rings is 5. The fraction of sp³-hybridized carbons (Fsp3) is 0.179. The lowest BCUT2D eigenvalue weighted by atomic mass is 9.54. The topological polar surface area (TPSA) is 24.1 Å². The van der Waals surface area contributed by atoms with Gasteiger partial charge in [0.05, 0.1) is 0 Å². The van der Waals surface area contributed by atoms with E-state index in [2.05, 4.69) is 146 Å². The minimum absolute atomic E-state index is 0.0829. The van der Waals surface area contributed by atoms with Crippen LogP contribution in [0, 0.1) is 6.92 Å². The number of allylic oxidation sites excluding steroid dienone is 1. The quantitative estimate of drug-likeness (QED) is 0.228. The van der Waals surface area contributed by atoms with Gasteiger partial charge in [-0.25, -0.2) is 0 Å². The normalized spacial score (nSPS) is 15.6. The van der Waals surface area contributed by atoms with Crippen molar-refractivity contribution in [2.24, 2.45) is 0 Å². The van der Waals surface area contributed by atoms with Crippen molar-refractivity contribution in [3.05, 3.63) is 160 Å². The Morgan fingerprint density at radius 1 is 0.537 bits per heavy atom. The Morgan fingerprint density at radius 3 is 1.59 bits per heavy atom. The van der Waals surface area contributed by atoms with Gasteiger partial charge in [0.25, 0.3) is 0 Å². The lowest BCUT2D eigenvalue weighted by molar-refractivity contribution is 0.405. The fourth-order valence-electron chi connectivity index (χ4n) is 7.75. The van der Waals surface area contributed by atoms with Crippen molar-refractivity contribution in [3.63, 3.8) is 0 Å². The number of fused-ring (bicyclic) bond motifs is 4. The number of aryl methyl sites for hydroxylation is 1. The van der Waals surface area contributed by atoms with Crippen LogP contribution in [0.1, 0.15) is 57.7 Å². The van der Waals surface area contributed by atoms with Crippen LogP contribution in [0.15, 0.2) is 121 Å². The molecule has 2 nitrogen and oxygen atoms in total. The van der Waals surface area contributed by atoms with Gasteiger partial charge in [-0.3, -0.25) is 0 Å². The van der Waals surface area contributed by atoms with E-state index in [1.807, 2.05) is 14.1 Å². The number of hydrogen-bond donors (Lipinski definition) is 2. The molecule has 0 saturated heterocycles. The van der Waals surface area contributed by atoms with Gasteiger partial charge in [-0.2, -0.15) is 0 Å². The molecule has 0 heterocycles. The van der Waals surface area contributed by atoms with Crippen LogP contribution < -0.4 is 10.6 Å². The molecular weight excluding hydrogens is 496 g/mol. The summed E-state index contributed by atoms with van der Waals surface area (Å²) < 4.78 is 0. The molecule has 0 radical (unpaired) electrons. The van der Waals surface area contributed by atoms with E-state index in [0.717, 1.165) is 11.4 Å². The molecule has 0 saturated carbocycles. The number of hydrogen-bond acceptors (Lipinski definition) is 2. The zero-order valence-corrected chi connectivity index (χ0v) is 24.2. The van der Waals surface area contributed by atoms with Gasteiger partial charge in [-0.1, -0.05) is 108 Å². The van der Waals surface area contributed by atoms with Gasteiger partial charge in [-0.05, 0) is 82.6 Å². The molecule has 7 rings (SSSR count). The van der Waals surface area contributed by atoms with Gasteiger partial charge in [0, 0.05) is 42.7 Å². The molecule has 0 bridgehead atoms. The van der Waals surface area contributed by atoms with Crippen molar-refractivity contribution in [1.29, 1.82) is 0 Å². The Bertz CT molecular complexity index is 1690. The molecule has 5 aromatic rings. The zero-order valence-electron chi connectivity index (χ0n) is 24.2. The summed E-state index contributed by atoms with van der Waals surface area (Å²) >= 11 is 0. The number of anilines is 2. The molecule has 1 unspecified atom stereocenters. The molecule has 202 valence electrons. The van der Waals surface area contributed by atoms with Crippen molar-refractivity contribution in [2.45, 2.75) is 31.1 Å². The summed E-state index contributed by atoms with van der Waals surface area (Å²) in [5, 5.41) is 6.87. The van der Waals surface area contributed by atoms with Gasteiger partial charge >= 0.3 is 0 Å². The largest absolute Gasteiger partial charge is 0.388 e. The molecular formula is C39H36N2. The Hall–Kier alpha value is -4.56. The van der Waals surface area contributed by atoms with Gasteiger partial charge in [0.1, 0.15) is 0 Å². The van der Waals surface area contributed by atoms with E-state index in [1.165, 1.54) is 55.6 Å². The van der Waals surface area contributed by atoms with Crippen molar-refractivity contribution >= 4 is 17.5 Å². The van der Waals surface area contributed by atoms with Gasteiger partial charge < -0.3 is 10.6 Å². The van der Waals surface area contributed by atoms with Crippen LogP contribution in [0.3, 0.4) is 0 Å². The average Bonchev–Trinajstić information content (AvgIpc) is 3.52. The first-order valence-electron chi connectivity index (χ1n) is 14.6. The van der Waals surface area contributed by atoms with E-state index in [0.29, 0.717) is 0 Å². The SMILES string of the molecule is CNc1ccc2c(c1)C(C(c1ccccc1)(c1ccccc1)C1C(C)=Cc3cc(C)ccc31)c1cc(NC)ccc1-2. The van der Waals surface area contributed by atoms with Crippen LogP contribution in [-0.4, -0.2) is 14.1 Å².